The summed E-state index contributed by atoms with van der Waals surface area (Å²) < 4.78 is 66.0. The van der Waals surface area contributed by atoms with Gasteiger partial charge in [-0.2, -0.15) is 0 Å². The molecule has 116 valence electrons. The van der Waals surface area contributed by atoms with Crippen LogP contribution in [0.2, 0.25) is 0 Å². The number of nitrogens with one attached hydrogen (secondary N) is 1. The summed E-state index contributed by atoms with van der Waals surface area (Å²) in [6.07, 6.45) is 0.742. The molecule has 2 nitrogen and oxygen atoms in total. The lowest BCUT2D eigenvalue weighted by Gasteiger charge is -2.09. The molecule has 7 heteroatoms. The zero-order valence-corrected chi connectivity index (χ0v) is 11.3. The van der Waals surface area contributed by atoms with Crippen LogP contribution in [0.3, 0.4) is 0 Å². The van der Waals surface area contributed by atoms with E-state index >= 15 is 0 Å². The van der Waals surface area contributed by atoms with Gasteiger partial charge in [-0.25, -0.2) is 22.0 Å². The van der Waals surface area contributed by atoms with E-state index in [1.165, 1.54) is 12.1 Å². The van der Waals surface area contributed by atoms with Gasteiger partial charge in [0.15, 0.2) is 23.3 Å². The molecule has 2 rings (SSSR count). The highest BCUT2D eigenvalue weighted by molar-refractivity contribution is 6.04. The summed E-state index contributed by atoms with van der Waals surface area (Å²) in [7, 11) is 0. The third kappa shape index (κ3) is 2.79. The SMILES string of the molecule is CCc1ccc(NC(=O)c2c(F)c(F)c(F)c(F)c2F)cc1. The fourth-order valence-electron chi connectivity index (χ4n) is 1.82. The summed E-state index contributed by atoms with van der Waals surface area (Å²) in [5.41, 5.74) is -0.392. The Morgan fingerprint density at radius 1 is 0.864 bits per heavy atom. The van der Waals surface area contributed by atoms with Gasteiger partial charge in [0.25, 0.3) is 5.91 Å². The standard InChI is InChI=1S/C15H10F5NO/c1-2-7-3-5-8(6-4-7)21-15(22)9-10(16)12(18)14(20)13(19)11(9)17/h3-6H,2H2,1H3,(H,21,22). The molecule has 0 aromatic heterocycles. The average Bonchev–Trinajstić information content (AvgIpc) is 2.52. The van der Waals surface area contributed by atoms with Crippen LogP contribution in [0.4, 0.5) is 27.6 Å². The lowest BCUT2D eigenvalue weighted by Crippen LogP contribution is -2.19. The first-order valence-corrected chi connectivity index (χ1v) is 6.28. The second-order valence-corrected chi connectivity index (χ2v) is 4.45. The molecule has 0 aliphatic heterocycles. The van der Waals surface area contributed by atoms with Gasteiger partial charge in [-0.05, 0) is 24.1 Å². The third-order valence-corrected chi connectivity index (χ3v) is 3.06. The molecule has 1 amide bonds. The fraction of sp³-hybridized carbons (Fsp3) is 0.133. The molecule has 0 heterocycles. The first-order chi connectivity index (χ1) is 10.4. The molecule has 0 spiro atoms. The van der Waals surface area contributed by atoms with E-state index in [-0.39, 0.29) is 5.69 Å². The third-order valence-electron chi connectivity index (χ3n) is 3.06. The molecule has 0 atom stereocenters. The predicted octanol–water partition coefficient (Wildman–Crippen LogP) is 4.20. The van der Waals surface area contributed by atoms with Gasteiger partial charge in [-0.15, -0.1) is 0 Å². The van der Waals surface area contributed by atoms with Crippen molar-refractivity contribution in [2.24, 2.45) is 0 Å². The molecule has 0 fully saturated rings. The van der Waals surface area contributed by atoms with Crippen molar-refractivity contribution < 1.29 is 26.7 Å². The van der Waals surface area contributed by atoms with Crippen LogP contribution >= 0.6 is 0 Å². The highest BCUT2D eigenvalue weighted by Crippen LogP contribution is 2.24. The Hall–Kier alpha value is -2.44. The normalized spacial score (nSPS) is 10.6. The number of amides is 1. The van der Waals surface area contributed by atoms with Crippen LogP contribution in [-0.4, -0.2) is 5.91 Å². The molecule has 0 radical (unpaired) electrons. The first kappa shape index (κ1) is 15.9. The molecule has 0 aliphatic carbocycles. The number of carbonyl (C=O) groups is 1. The second-order valence-electron chi connectivity index (χ2n) is 4.45. The van der Waals surface area contributed by atoms with Gasteiger partial charge < -0.3 is 5.32 Å². The first-order valence-electron chi connectivity index (χ1n) is 6.28. The molecule has 22 heavy (non-hydrogen) atoms. The van der Waals surface area contributed by atoms with Crippen molar-refractivity contribution in [1.29, 1.82) is 0 Å². The number of anilines is 1. The lowest BCUT2D eigenvalue weighted by molar-refractivity contribution is 0.101. The number of hydrogen-bond acceptors (Lipinski definition) is 1. The van der Waals surface area contributed by atoms with E-state index in [9.17, 15) is 26.7 Å². The molecule has 0 aliphatic rings. The Kier molecular flexibility index (Phi) is 4.44. The van der Waals surface area contributed by atoms with E-state index in [1.54, 1.807) is 12.1 Å². The van der Waals surface area contributed by atoms with Gasteiger partial charge >= 0.3 is 0 Å². The Morgan fingerprint density at radius 2 is 1.32 bits per heavy atom. The Morgan fingerprint density at radius 3 is 1.77 bits per heavy atom. The van der Waals surface area contributed by atoms with E-state index in [4.69, 9.17) is 0 Å². The van der Waals surface area contributed by atoms with Crippen molar-refractivity contribution in [1.82, 2.24) is 0 Å². The maximum Gasteiger partial charge on any atom is 0.261 e. The number of carbonyl (C=O) groups excluding carboxylic acids is 1. The van der Waals surface area contributed by atoms with E-state index in [0.717, 1.165) is 12.0 Å². The topological polar surface area (TPSA) is 29.1 Å². The summed E-state index contributed by atoms with van der Waals surface area (Å²) in [6.45, 7) is 1.91. The van der Waals surface area contributed by atoms with E-state index in [2.05, 4.69) is 5.32 Å². The van der Waals surface area contributed by atoms with Crippen LogP contribution in [-0.2, 0) is 6.42 Å². The van der Waals surface area contributed by atoms with Crippen molar-refractivity contribution in [2.45, 2.75) is 13.3 Å². The number of halogens is 5. The van der Waals surface area contributed by atoms with Crippen molar-refractivity contribution in [2.75, 3.05) is 5.32 Å². The molecule has 1 N–H and O–H groups in total. The van der Waals surface area contributed by atoms with Crippen molar-refractivity contribution >= 4 is 11.6 Å². The minimum absolute atomic E-state index is 0.172. The molecule has 2 aromatic carbocycles. The quantitative estimate of drug-likeness (QED) is 0.513. The smallest absolute Gasteiger partial charge is 0.261 e. The maximum absolute atomic E-state index is 13.5. The van der Waals surface area contributed by atoms with E-state index < -0.39 is 40.6 Å². The van der Waals surface area contributed by atoms with Crippen molar-refractivity contribution in [3.63, 3.8) is 0 Å². The van der Waals surface area contributed by atoms with Crippen LogP contribution in [0.1, 0.15) is 22.8 Å². The Labute approximate surface area is 122 Å². The van der Waals surface area contributed by atoms with Crippen molar-refractivity contribution in [3.05, 3.63) is 64.5 Å². The zero-order chi connectivity index (χ0) is 16.4. The summed E-state index contributed by atoms with van der Waals surface area (Å²) in [5.74, 6) is -12.4. The summed E-state index contributed by atoms with van der Waals surface area (Å²) >= 11 is 0. The van der Waals surface area contributed by atoms with Gasteiger partial charge in [0.2, 0.25) is 5.82 Å². The predicted molar refractivity (Wildman–Crippen MR) is 70.0 cm³/mol. The Bertz CT molecular complexity index is 699. The molecule has 2 aromatic rings. The molecular weight excluding hydrogens is 305 g/mol. The zero-order valence-electron chi connectivity index (χ0n) is 11.3. The number of hydrogen-bond donors (Lipinski definition) is 1. The van der Waals surface area contributed by atoms with Gasteiger partial charge in [0.05, 0.1) is 0 Å². The van der Waals surface area contributed by atoms with Gasteiger partial charge in [-0.1, -0.05) is 19.1 Å². The fourth-order valence-corrected chi connectivity index (χ4v) is 1.82. The second kappa shape index (κ2) is 6.13. The van der Waals surface area contributed by atoms with Gasteiger partial charge in [0, 0.05) is 5.69 Å². The van der Waals surface area contributed by atoms with Crippen LogP contribution in [0.15, 0.2) is 24.3 Å². The Balaban J connectivity index is 2.37. The number of aryl methyl sites for hydroxylation is 1. The van der Waals surface area contributed by atoms with Gasteiger partial charge in [0.1, 0.15) is 5.56 Å². The minimum atomic E-state index is -2.31. The number of benzene rings is 2. The monoisotopic (exact) mass is 315 g/mol. The van der Waals surface area contributed by atoms with Crippen LogP contribution in [0.5, 0.6) is 0 Å². The summed E-state index contributed by atoms with van der Waals surface area (Å²) in [5, 5.41) is 2.09. The molecule has 0 saturated heterocycles. The lowest BCUT2D eigenvalue weighted by atomic mass is 10.1. The van der Waals surface area contributed by atoms with Gasteiger partial charge in [-0.3, -0.25) is 4.79 Å². The summed E-state index contributed by atoms with van der Waals surface area (Å²) in [4.78, 5) is 11.8. The molecular formula is C15H10F5NO. The van der Waals surface area contributed by atoms with Crippen molar-refractivity contribution in [3.8, 4) is 0 Å². The van der Waals surface area contributed by atoms with E-state index in [1.807, 2.05) is 6.92 Å². The highest BCUT2D eigenvalue weighted by atomic mass is 19.2. The molecule has 0 saturated carbocycles. The van der Waals surface area contributed by atoms with E-state index in [0.29, 0.717) is 0 Å². The molecule has 0 unspecified atom stereocenters. The number of rotatable bonds is 3. The largest absolute Gasteiger partial charge is 0.322 e. The highest BCUT2D eigenvalue weighted by Gasteiger charge is 2.29. The van der Waals surface area contributed by atoms with Crippen LogP contribution < -0.4 is 5.32 Å². The maximum atomic E-state index is 13.5. The van der Waals surface area contributed by atoms with Crippen LogP contribution in [0, 0.1) is 29.1 Å². The van der Waals surface area contributed by atoms with Crippen LogP contribution in [0.25, 0.3) is 0 Å². The molecule has 0 bridgehead atoms. The summed E-state index contributed by atoms with van der Waals surface area (Å²) in [6, 6.07) is 6.24. The average molecular weight is 315 g/mol. The minimum Gasteiger partial charge on any atom is -0.322 e.